The molecule has 0 fully saturated rings. The molecule has 0 unspecified atom stereocenters. The Bertz CT molecular complexity index is 251. The molecule has 0 aliphatic rings. The van der Waals surface area contributed by atoms with Gasteiger partial charge in [-0.05, 0) is 17.9 Å². The third kappa shape index (κ3) is 3.90. The first-order valence-corrected chi connectivity index (χ1v) is 4.67. The molecule has 0 spiro atoms. The molecule has 0 aliphatic heterocycles. The van der Waals surface area contributed by atoms with E-state index in [1.807, 2.05) is 18.2 Å². The average Bonchev–Trinajstić information content (AvgIpc) is 2.17. The lowest BCUT2D eigenvalue weighted by Crippen LogP contribution is -1.92. The first kappa shape index (κ1) is 10.0. The molecular weight excluding hydrogens is 160 g/mol. The fraction of sp³-hybridized carbons (Fsp3) is 0.333. The van der Waals surface area contributed by atoms with Gasteiger partial charge in [0.25, 0.3) is 0 Å². The summed E-state index contributed by atoms with van der Waals surface area (Å²) < 4.78 is 0. The van der Waals surface area contributed by atoms with Crippen LogP contribution in [0, 0.1) is 5.92 Å². The molecular formula is C12H16O. The van der Waals surface area contributed by atoms with Gasteiger partial charge in [0.05, 0.1) is 0 Å². The van der Waals surface area contributed by atoms with Crippen LogP contribution in [0.3, 0.4) is 0 Å². The second kappa shape index (κ2) is 5.55. The molecule has 13 heavy (non-hydrogen) atoms. The van der Waals surface area contributed by atoms with Crippen LogP contribution in [0.25, 0.3) is 6.08 Å². The van der Waals surface area contributed by atoms with Crippen molar-refractivity contribution >= 4 is 6.08 Å². The number of aliphatic hydroxyl groups is 1. The van der Waals surface area contributed by atoms with E-state index in [0.29, 0.717) is 5.92 Å². The van der Waals surface area contributed by atoms with Crippen molar-refractivity contribution in [2.24, 2.45) is 5.92 Å². The molecule has 1 heteroatoms. The number of hydrogen-bond acceptors (Lipinski definition) is 1. The van der Waals surface area contributed by atoms with Gasteiger partial charge in [0.1, 0.15) is 0 Å². The Morgan fingerprint density at radius 1 is 1.31 bits per heavy atom. The highest BCUT2D eigenvalue weighted by Crippen LogP contribution is 2.07. The molecule has 0 bridgehead atoms. The lowest BCUT2D eigenvalue weighted by molar-refractivity contribution is 0.274. The Balaban J connectivity index is 2.49. The van der Waals surface area contributed by atoms with Crippen LogP contribution in [-0.4, -0.2) is 11.7 Å². The van der Waals surface area contributed by atoms with Gasteiger partial charge in [0.15, 0.2) is 0 Å². The summed E-state index contributed by atoms with van der Waals surface area (Å²) >= 11 is 0. The van der Waals surface area contributed by atoms with Crippen molar-refractivity contribution in [1.82, 2.24) is 0 Å². The topological polar surface area (TPSA) is 20.2 Å². The summed E-state index contributed by atoms with van der Waals surface area (Å²) in [6, 6.07) is 10.2. The Labute approximate surface area is 79.7 Å². The van der Waals surface area contributed by atoms with Crippen LogP contribution in [-0.2, 0) is 0 Å². The summed E-state index contributed by atoms with van der Waals surface area (Å²) in [5, 5.41) is 8.70. The number of hydrogen-bond donors (Lipinski definition) is 1. The van der Waals surface area contributed by atoms with Crippen molar-refractivity contribution in [2.45, 2.75) is 13.3 Å². The number of rotatable bonds is 4. The third-order valence-corrected chi connectivity index (χ3v) is 2.00. The van der Waals surface area contributed by atoms with Gasteiger partial charge < -0.3 is 5.11 Å². The number of aliphatic hydroxyl groups excluding tert-OH is 1. The predicted molar refractivity (Wildman–Crippen MR) is 56.3 cm³/mol. The average molecular weight is 176 g/mol. The van der Waals surface area contributed by atoms with Gasteiger partial charge in [-0.25, -0.2) is 0 Å². The summed E-state index contributed by atoms with van der Waals surface area (Å²) in [7, 11) is 0. The fourth-order valence-corrected chi connectivity index (χ4v) is 1.14. The summed E-state index contributed by atoms with van der Waals surface area (Å²) in [5.74, 6) is 0.449. The van der Waals surface area contributed by atoms with Crippen LogP contribution in [0.5, 0.6) is 0 Å². The molecule has 0 radical (unpaired) electrons. The smallest absolute Gasteiger partial charge is 0.0436 e. The molecule has 0 aromatic heterocycles. The van der Waals surface area contributed by atoms with Crippen molar-refractivity contribution in [3.05, 3.63) is 42.0 Å². The fourth-order valence-electron chi connectivity index (χ4n) is 1.14. The second-order valence-electron chi connectivity index (χ2n) is 3.26. The lowest BCUT2D eigenvalue weighted by atomic mass is 10.1. The van der Waals surface area contributed by atoms with Gasteiger partial charge >= 0.3 is 0 Å². The van der Waals surface area contributed by atoms with Crippen LogP contribution >= 0.6 is 0 Å². The molecule has 1 nitrogen and oxygen atoms in total. The zero-order valence-electron chi connectivity index (χ0n) is 7.98. The highest BCUT2D eigenvalue weighted by Gasteiger charge is 1.93. The number of allylic oxidation sites excluding steroid dienone is 1. The first-order chi connectivity index (χ1) is 6.33. The first-order valence-electron chi connectivity index (χ1n) is 4.67. The minimum atomic E-state index is 0.264. The molecule has 0 saturated heterocycles. The van der Waals surface area contributed by atoms with Crippen LogP contribution < -0.4 is 0 Å². The zero-order valence-corrected chi connectivity index (χ0v) is 7.98. The van der Waals surface area contributed by atoms with Crippen molar-refractivity contribution < 1.29 is 5.11 Å². The Kier molecular flexibility index (Phi) is 4.27. The molecule has 1 rings (SSSR count). The molecule has 0 amide bonds. The molecule has 1 atom stereocenters. The summed E-state index contributed by atoms with van der Waals surface area (Å²) in [5.41, 5.74) is 1.22. The maximum absolute atomic E-state index is 8.70. The van der Waals surface area contributed by atoms with Gasteiger partial charge in [-0.1, -0.05) is 49.4 Å². The van der Waals surface area contributed by atoms with Crippen LogP contribution in [0.1, 0.15) is 18.9 Å². The van der Waals surface area contributed by atoms with Crippen molar-refractivity contribution in [3.8, 4) is 0 Å². The maximum atomic E-state index is 8.70. The van der Waals surface area contributed by atoms with Gasteiger partial charge in [-0.2, -0.15) is 0 Å². The van der Waals surface area contributed by atoms with E-state index in [2.05, 4.69) is 31.2 Å². The molecule has 0 saturated carbocycles. The zero-order chi connectivity index (χ0) is 9.52. The minimum absolute atomic E-state index is 0.264. The van der Waals surface area contributed by atoms with E-state index in [-0.39, 0.29) is 6.61 Å². The molecule has 1 N–H and O–H groups in total. The van der Waals surface area contributed by atoms with E-state index in [1.165, 1.54) is 5.56 Å². The van der Waals surface area contributed by atoms with Crippen molar-refractivity contribution in [3.63, 3.8) is 0 Å². The van der Waals surface area contributed by atoms with E-state index < -0.39 is 0 Å². The second-order valence-corrected chi connectivity index (χ2v) is 3.26. The van der Waals surface area contributed by atoms with Gasteiger partial charge in [-0.15, -0.1) is 0 Å². The number of benzene rings is 1. The summed E-state index contributed by atoms with van der Waals surface area (Å²) in [6.45, 7) is 2.37. The van der Waals surface area contributed by atoms with E-state index in [1.54, 1.807) is 0 Å². The third-order valence-electron chi connectivity index (χ3n) is 2.00. The highest BCUT2D eigenvalue weighted by molar-refractivity contribution is 5.48. The van der Waals surface area contributed by atoms with E-state index in [4.69, 9.17) is 5.11 Å². The minimum Gasteiger partial charge on any atom is -0.396 e. The largest absolute Gasteiger partial charge is 0.396 e. The normalized spacial score (nSPS) is 13.4. The maximum Gasteiger partial charge on any atom is 0.0436 e. The molecule has 1 aromatic carbocycles. The molecule has 0 aliphatic carbocycles. The monoisotopic (exact) mass is 176 g/mol. The molecule has 70 valence electrons. The van der Waals surface area contributed by atoms with E-state index in [0.717, 1.165) is 6.42 Å². The SMILES string of the molecule is C[C@@H](/C=C/c1ccccc1)CCO. The lowest BCUT2D eigenvalue weighted by Gasteiger charge is -2.01. The molecule has 1 aromatic rings. The molecule has 0 heterocycles. The van der Waals surface area contributed by atoms with Crippen LogP contribution in [0.4, 0.5) is 0 Å². The van der Waals surface area contributed by atoms with Crippen LogP contribution in [0.15, 0.2) is 36.4 Å². The van der Waals surface area contributed by atoms with Crippen molar-refractivity contribution in [2.75, 3.05) is 6.61 Å². The highest BCUT2D eigenvalue weighted by atomic mass is 16.2. The standard InChI is InChI=1S/C12H16O/c1-11(9-10-13)7-8-12-5-3-2-4-6-12/h2-8,11,13H,9-10H2,1H3/b8-7+/t11-/m0/s1. The van der Waals surface area contributed by atoms with Crippen LogP contribution in [0.2, 0.25) is 0 Å². The summed E-state index contributed by atoms with van der Waals surface area (Å²) in [4.78, 5) is 0. The Morgan fingerprint density at radius 3 is 2.62 bits per heavy atom. The van der Waals surface area contributed by atoms with Gasteiger partial charge in [0, 0.05) is 6.61 Å². The summed E-state index contributed by atoms with van der Waals surface area (Å²) in [6.07, 6.45) is 5.06. The Hall–Kier alpha value is -1.08. The van der Waals surface area contributed by atoms with Gasteiger partial charge in [-0.3, -0.25) is 0 Å². The van der Waals surface area contributed by atoms with E-state index >= 15 is 0 Å². The van der Waals surface area contributed by atoms with Gasteiger partial charge in [0.2, 0.25) is 0 Å². The predicted octanol–water partition coefficient (Wildman–Crippen LogP) is 2.72. The van der Waals surface area contributed by atoms with E-state index in [9.17, 15) is 0 Å². The van der Waals surface area contributed by atoms with Crippen molar-refractivity contribution in [1.29, 1.82) is 0 Å². The quantitative estimate of drug-likeness (QED) is 0.747. The Morgan fingerprint density at radius 2 is 2.00 bits per heavy atom.